The van der Waals surface area contributed by atoms with E-state index in [-0.39, 0.29) is 12.5 Å². The highest BCUT2D eigenvalue weighted by molar-refractivity contribution is 7.18. The number of fused-ring (bicyclic) bond motifs is 1. The van der Waals surface area contributed by atoms with E-state index in [9.17, 15) is 22.8 Å². The van der Waals surface area contributed by atoms with Crippen LogP contribution in [0.25, 0.3) is 10.2 Å². The number of amides is 3. The molecule has 0 saturated carbocycles. The zero-order valence-corrected chi connectivity index (χ0v) is 15.4. The fourth-order valence-corrected chi connectivity index (χ4v) is 4.22. The van der Waals surface area contributed by atoms with E-state index in [0.29, 0.717) is 18.0 Å². The predicted octanol–water partition coefficient (Wildman–Crippen LogP) is 3.51. The van der Waals surface area contributed by atoms with E-state index in [4.69, 9.17) is 0 Å². The molecule has 1 aliphatic rings. The van der Waals surface area contributed by atoms with Gasteiger partial charge < -0.3 is 0 Å². The van der Waals surface area contributed by atoms with Gasteiger partial charge >= 0.3 is 12.2 Å². The fourth-order valence-electron chi connectivity index (χ4n) is 3.13. The van der Waals surface area contributed by atoms with E-state index in [1.807, 2.05) is 29.6 Å². The summed E-state index contributed by atoms with van der Waals surface area (Å²) < 4.78 is 39.9. The zero-order chi connectivity index (χ0) is 19.6. The van der Waals surface area contributed by atoms with Crippen molar-refractivity contribution < 1.29 is 22.8 Å². The number of piperidine rings is 1. The number of halogens is 3. The standard InChI is InChI=1S/C17H19F3N4O2S/c1-11(25)21-16(26)24(10-17(18,19)20)23-8-4-5-12(9-23)15-22-13-6-2-3-7-14(13)27-15/h2-3,6-7,12H,4-5,8-10H2,1H3,(H,21,25,26). The van der Waals surface area contributed by atoms with Gasteiger partial charge in [0, 0.05) is 25.9 Å². The number of thiazole rings is 1. The second kappa shape index (κ2) is 7.81. The second-order valence-corrected chi connectivity index (χ2v) is 7.49. The highest BCUT2D eigenvalue weighted by atomic mass is 32.1. The first-order chi connectivity index (χ1) is 12.7. The van der Waals surface area contributed by atoms with E-state index in [1.54, 1.807) is 0 Å². The first-order valence-corrected chi connectivity index (χ1v) is 9.31. The Morgan fingerprint density at radius 1 is 1.37 bits per heavy atom. The van der Waals surface area contributed by atoms with Crippen LogP contribution in [0.2, 0.25) is 0 Å². The van der Waals surface area contributed by atoms with Crippen LogP contribution in [-0.2, 0) is 4.79 Å². The van der Waals surface area contributed by atoms with Crippen molar-refractivity contribution in [3.63, 3.8) is 0 Å². The third-order valence-electron chi connectivity index (χ3n) is 4.25. The molecule has 1 unspecified atom stereocenters. The highest BCUT2D eigenvalue weighted by Crippen LogP contribution is 2.33. The van der Waals surface area contributed by atoms with Gasteiger partial charge in [-0.05, 0) is 25.0 Å². The van der Waals surface area contributed by atoms with Crippen LogP contribution in [0.1, 0.15) is 30.7 Å². The average molecular weight is 400 g/mol. The van der Waals surface area contributed by atoms with E-state index in [0.717, 1.165) is 28.6 Å². The summed E-state index contributed by atoms with van der Waals surface area (Å²) in [4.78, 5) is 27.9. The molecule has 0 spiro atoms. The molecule has 0 bridgehead atoms. The Kier molecular flexibility index (Phi) is 5.66. The Labute approximate surface area is 157 Å². The molecule has 10 heteroatoms. The topological polar surface area (TPSA) is 65.5 Å². The lowest BCUT2D eigenvalue weighted by molar-refractivity contribution is -0.170. The van der Waals surface area contributed by atoms with Crippen molar-refractivity contribution in [2.45, 2.75) is 31.9 Å². The monoisotopic (exact) mass is 400 g/mol. The molecule has 6 nitrogen and oxygen atoms in total. The minimum atomic E-state index is -4.57. The molecule has 1 aliphatic heterocycles. The maximum Gasteiger partial charge on any atom is 0.407 e. The van der Waals surface area contributed by atoms with Crippen LogP contribution < -0.4 is 5.32 Å². The molecule has 1 aromatic carbocycles. The smallest absolute Gasteiger partial charge is 0.277 e. The largest absolute Gasteiger partial charge is 0.407 e. The van der Waals surface area contributed by atoms with Crippen LogP contribution in [0.15, 0.2) is 24.3 Å². The molecule has 27 heavy (non-hydrogen) atoms. The van der Waals surface area contributed by atoms with Crippen molar-refractivity contribution in [3.8, 4) is 0 Å². The van der Waals surface area contributed by atoms with Gasteiger partial charge in [-0.1, -0.05) is 12.1 Å². The number of alkyl halides is 3. The summed E-state index contributed by atoms with van der Waals surface area (Å²) in [6, 6.07) is 6.58. The van der Waals surface area contributed by atoms with Crippen molar-refractivity contribution in [2.75, 3.05) is 19.6 Å². The maximum atomic E-state index is 13.0. The quantitative estimate of drug-likeness (QED) is 0.856. The van der Waals surface area contributed by atoms with Gasteiger partial charge in [-0.3, -0.25) is 10.1 Å². The second-order valence-electron chi connectivity index (χ2n) is 6.43. The molecule has 0 radical (unpaired) electrons. The van der Waals surface area contributed by atoms with Gasteiger partial charge in [-0.2, -0.15) is 13.2 Å². The molecule has 1 N–H and O–H groups in total. The Balaban J connectivity index is 1.80. The molecule has 0 aliphatic carbocycles. The number of hydrazine groups is 1. The number of hydrogen-bond donors (Lipinski definition) is 1. The number of carbonyl (C=O) groups excluding carboxylic acids is 2. The number of imide groups is 1. The lowest BCUT2D eigenvalue weighted by Gasteiger charge is -2.39. The summed E-state index contributed by atoms with van der Waals surface area (Å²) in [5.41, 5.74) is 0.857. The minimum absolute atomic E-state index is 0.0722. The number of urea groups is 1. The van der Waals surface area contributed by atoms with Gasteiger partial charge in [0.15, 0.2) is 0 Å². The third kappa shape index (κ3) is 4.95. The average Bonchev–Trinajstić information content (AvgIpc) is 3.02. The van der Waals surface area contributed by atoms with Gasteiger partial charge in [0.05, 0.1) is 15.2 Å². The SMILES string of the molecule is CC(=O)NC(=O)N(CC(F)(F)F)N1CCCC(c2nc3ccccc3s2)C1. The summed E-state index contributed by atoms with van der Waals surface area (Å²) in [5, 5.41) is 4.73. The molecule has 1 aromatic heterocycles. The van der Waals surface area contributed by atoms with Crippen LogP contribution in [-0.4, -0.2) is 52.8 Å². The Morgan fingerprint density at radius 3 is 2.78 bits per heavy atom. The highest BCUT2D eigenvalue weighted by Gasteiger charge is 2.38. The fraction of sp³-hybridized carbons (Fsp3) is 0.471. The van der Waals surface area contributed by atoms with E-state index >= 15 is 0 Å². The lowest BCUT2D eigenvalue weighted by Crippen LogP contribution is -2.57. The zero-order valence-electron chi connectivity index (χ0n) is 14.6. The first kappa shape index (κ1) is 19.6. The number of rotatable bonds is 3. The van der Waals surface area contributed by atoms with Crippen molar-refractivity contribution in [3.05, 3.63) is 29.3 Å². The van der Waals surface area contributed by atoms with E-state index < -0.39 is 24.7 Å². The number of nitrogens with one attached hydrogen (secondary N) is 1. The summed E-state index contributed by atoms with van der Waals surface area (Å²) in [5.74, 6) is -0.774. The lowest BCUT2D eigenvalue weighted by atomic mass is 10.00. The Hall–Kier alpha value is -2.20. The van der Waals surface area contributed by atoms with Gasteiger partial charge in [-0.25, -0.2) is 19.8 Å². The molecule has 1 fully saturated rings. The van der Waals surface area contributed by atoms with E-state index in [1.165, 1.54) is 16.3 Å². The van der Waals surface area contributed by atoms with Crippen molar-refractivity contribution >= 4 is 33.5 Å². The normalized spacial score (nSPS) is 18.4. The Bertz CT molecular complexity index is 806. The summed E-state index contributed by atoms with van der Waals surface area (Å²) in [6.07, 6.45) is -3.16. The number of aromatic nitrogens is 1. The predicted molar refractivity (Wildman–Crippen MR) is 95.1 cm³/mol. The molecule has 146 valence electrons. The van der Waals surface area contributed by atoms with Gasteiger partial charge in [-0.15, -0.1) is 11.3 Å². The van der Waals surface area contributed by atoms with Crippen LogP contribution >= 0.6 is 11.3 Å². The number of benzene rings is 1. The molecule has 1 saturated heterocycles. The first-order valence-electron chi connectivity index (χ1n) is 8.49. The van der Waals surface area contributed by atoms with Crippen LogP contribution in [0, 0.1) is 0 Å². The molecular formula is C17H19F3N4O2S. The van der Waals surface area contributed by atoms with Crippen molar-refractivity contribution in [2.24, 2.45) is 0 Å². The molecule has 2 aromatic rings. The maximum absolute atomic E-state index is 13.0. The van der Waals surface area contributed by atoms with Crippen LogP contribution in [0.5, 0.6) is 0 Å². The summed E-state index contributed by atoms with van der Waals surface area (Å²) in [6.45, 7) is 0.187. The van der Waals surface area contributed by atoms with Gasteiger partial charge in [0.2, 0.25) is 5.91 Å². The van der Waals surface area contributed by atoms with Crippen molar-refractivity contribution in [1.82, 2.24) is 20.3 Å². The van der Waals surface area contributed by atoms with Gasteiger partial charge in [0.25, 0.3) is 0 Å². The van der Waals surface area contributed by atoms with E-state index in [2.05, 4.69) is 4.98 Å². The van der Waals surface area contributed by atoms with Gasteiger partial charge in [0.1, 0.15) is 6.54 Å². The molecule has 3 amide bonds. The molecule has 3 rings (SSSR count). The minimum Gasteiger partial charge on any atom is -0.277 e. The molecule has 1 atom stereocenters. The third-order valence-corrected chi connectivity index (χ3v) is 5.45. The number of para-hydroxylation sites is 1. The molecular weight excluding hydrogens is 381 g/mol. The number of hydrogen-bond acceptors (Lipinski definition) is 5. The van der Waals surface area contributed by atoms with Crippen LogP contribution in [0.3, 0.4) is 0 Å². The summed E-state index contributed by atoms with van der Waals surface area (Å²) >= 11 is 1.52. The summed E-state index contributed by atoms with van der Waals surface area (Å²) in [7, 11) is 0. The number of carbonyl (C=O) groups is 2. The van der Waals surface area contributed by atoms with Crippen molar-refractivity contribution in [1.29, 1.82) is 0 Å². The van der Waals surface area contributed by atoms with Crippen LogP contribution in [0.4, 0.5) is 18.0 Å². The molecule has 2 heterocycles. The number of nitrogens with zero attached hydrogens (tertiary/aromatic N) is 3. The Morgan fingerprint density at radius 2 is 2.11 bits per heavy atom.